The zero-order chi connectivity index (χ0) is 13.0. The number of amides is 1. The highest BCUT2D eigenvalue weighted by Crippen LogP contribution is 2.14. The van der Waals surface area contributed by atoms with Gasteiger partial charge in [-0.2, -0.15) is 0 Å². The summed E-state index contributed by atoms with van der Waals surface area (Å²) >= 11 is 0. The average Bonchev–Trinajstić information content (AvgIpc) is 2.28. The number of benzene rings is 1. The van der Waals surface area contributed by atoms with Gasteiger partial charge in [-0.1, -0.05) is 19.1 Å². The minimum absolute atomic E-state index is 0.0863. The summed E-state index contributed by atoms with van der Waals surface area (Å²) in [6, 6.07) is 5.76. The molecule has 3 nitrogen and oxygen atoms in total. The smallest absolute Gasteiger partial charge is 0.224 e. The molecule has 3 unspecified atom stereocenters. The Balaban J connectivity index is 2.63. The van der Waals surface area contributed by atoms with Gasteiger partial charge < -0.3 is 11.1 Å². The third kappa shape index (κ3) is 3.82. The number of rotatable bonds is 4. The number of nitrogens with two attached hydrogens (primary N) is 1. The van der Waals surface area contributed by atoms with E-state index in [9.17, 15) is 9.18 Å². The Morgan fingerprint density at radius 1 is 1.24 bits per heavy atom. The molecule has 4 heteroatoms. The first-order chi connectivity index (χ1) is 7.91. The molecule has 0 radical (unpaired) electrons. The second-order valence-corrected chi connectivity index (χ2v) is 4.43. The second-order valence-electron chi connectivity index (χ2n) is 4.43. The molecule has 1 aromatic carbocycles. The molecular weight excluding hydrogens is 219 g/mol. The highest BCUT2D eigenvalue weighted by molar-refractivity contribution is 5.79. The van der Waals surface area contributed by atoms with Gasteiger partial charge in [-0.25, -0.2) is 4.39 Å². The number of nitrogens with one attached hydrogen (secondary N) is 1. The second kappa shape index (κ2) is 5.77. The minimum atomic E-state index is -0.281. The number of halogens is 1. The van der Waals surface area contributed by atoms with Crippen LogP contribution in [0.15, 0.2) is 24.3 Å². The molecule has 1 rings (SSSR count). The standard InChI is InChI=1S/C13H19FN2O/c1-8(9(2)15)13(17)16-10(3)11-4-6-12(14)7-5-11/h4-10H,15H2,1-3H3,(H,16,17). The van der Waals surface area contributed by atoms with E-state index < -0.39 is 0 Å². The van der Waals surface area contributed by atoms with Gasteiger partial charge in [0, 0.05) is 12.0 Å². The molecule has 0 aromatic heterocycles. The lowest BCUT2D eigenvalue weighted by Gasteiger charge is -2.19. The van der Waals surface area contributed by atoms with Gasteiger partial charge >= 0.3 is 0 Å². The molecule has 0 aliphatic heterocycles. The van der Waals surface area contributed by atoms with Gasteiger partial charge in [0.15, 0.2) is 0 Å². The van der Waals surface area contributed by atoms with Crippen LogP contribution in [0.5, 0.6) is 0 Å². The lowest BCUT2D eigenvalue weighted by atomic mass is 10.0. The van der Waals surface area contributed by atoms with Crippen LogP contribution in [-0.4, -0.2) is 11.9 Å². The van der Waals surface area contributed by atoms with Crippen molar-refractivity contribution in [1.29, 1.82) is 0 Å². The first kappa shape index (κ1) is 13.6. The van der Waals surface area contributed by atoms with Crippen molar-refractivity contribution in [3.8, 4) is 0 Å². The van der Waals surface area contributed by atoms with Crippen molar-refractivity contribution in [2.24, 2.45) is 11.7 Å². The van der Waals surface area contributed by atoms with Gasteiger partial charge in [0.1, 0.15) is 5.82 Å². The molecule has 3 N–H and O–H groups in total. The lowest BCUT2D eigenvalue weighted by Crippen LogP contribution is -2.39. The maximum atomic E-state index is 12.7. The normalized spacial score (nSPS) is 16.1. The zero-order valence-corrected chi connectivity index (χ0v) is 10.4. The van der Waals surface area contributed by atoms with Crippen molar-refractivity contribution in [3.63, 3.8) is 0 Å². The van der Waals surface area contributed by atoms with Crippen LogP contribution in [0.25, 0.3) is 0 Å². The summed E-state index contributed by atoms with van der Waals surface area (Å²) in [5.74, 6) is -0.606. The zero-order valence-electron chi connectivity index (χ0n) is 10.4. The molecule has 1 aromatic rings. The Bertz CT molecular complexity index is 376. The predicted molar refractivity (Wildman–Crippen MR) is 65.8 cm³/mol. The summed E-state index contributed by atoms with van der Waals surface area (Å²) in [6.45, 7) is 5.45. The van der Waals surface area contributed by atoms with Gasteiger partial charge in [0.2, 0.25) is 5.91 Å². The highest BCUT2D eigenvalue weighted by Gasteiger charge is 2.19. The van der Waals surface area contributed by atoms with Crippen molar-refractivity contribution >= 4 is 5.91 Å². The van der Waals surface area contributed by atoms with Crippen molar-refractivity contribution in [3.05, 3.63) is 35.6 Å². The van der Waals surface area contributed by atoms with Crippen LogP contribution in [0.1, 0.15) is 32.4 Å². The quantitative estimate of drug-likeness (QED) is 0.842. The van der Waals surface area contributed by atoms with Crippen molar-refractivity contribution in [1.82, 2.24) is 5.32 Å². The molecule has 1 amide bonds. The topological polar surface area (TPSA) is 55.1 Å². The Labute approximate surface area is 101 Å². The van der Waals surface area contributed by atoms with Crippen LogP contribution in [0, 0.1) is 11.7 Å². The van der Waals surface area contributed by atoms with E-state index in [1.54, 1.807) is 26.0 Å². The first-order valence-electron chi connectivity index (χ1n) is 5.73. The van der Waals surface area contributed by atoms with Gasteiger partial charge in [0.05, 0.1) is 6.04 Å². The third-order valence-corrected chi connectivity index (χ3v) is 2.93. The summed E-state index contributed by atoms with van der Waals surface area (Å²) in [4.78, 5) is 11.8. The first-order valence-corrected chi connectivity index (χ1v) is 5.73. The minimum Gasteiger partial charge on any atom is -0.349 e. The highest BCUT2D eigenvalue weighted by atomic mass is 19.1. The molecular formula is C13H19FN2O. The number of hydrogen-bond acceptors (Lipinski definition) is 2. The van der Waals surface area contributed by atoms with Crippen LogP contribution in [0.3, 0.4) is 0 Å². The van der Waals surface area contributed by atoms with E-state index in [2.05, 4.69) is 5.32 Å². The Hall–Kier alpha value is -1.42. The van der Waals surface area contributed by atoms with E-state index in [0.717, 1.165) is 5.56 Å². The molecule has 0 fully saturated rings. The maximum absolute atomic E-state index is 12.7. The van der Waals surface area contributed by atoms with E-state index in [1.807, 2.05) is 6.92 Å². The summed E-state index contributed by atoms with van der Waals surface area (Å²) in [5.41, 5.74) is 6.53. The summed E-state index contributed by atoms with van der Waals surface area (Å²) in [6.07, 6.45) is 0. The molecule has 0 aliphatic rings. The number of carbonyl (C=O) groups excluding carboxylic acids is 1. The molecule has 94 valence electrons. The van der Waals surface area contributed by atoms with E-state index in [4.69, 9.17) is 5.73 Å². The average molecular weight is 238 g/mol. The Morgan fingerprint density at radius 2 is 1.76 bits per heavy atom. The molecule has 17 heavy (non-hydrogen) atoms. The molecule has 0 bridgehead atoms. The molecule has 3 atom stereocenters. The maximum Gasteiger partial charge on any atom is 0.224 e. The fourth-order valence-electron chi connectivity index (χ4n) is 1.42. The largest absolute Gasteiger partial charge is 0.349 e. The fraction of sp³-hybridized carbons (Fsp3) is 0.462. The van der Waals surface area contributed by atoms with Gasteiger partial charge in [-0.05, 0) is 31.5 Å². The Kier molecular flexibility index (Phi) is 4.63. The van der Waals surface area contributed by atoms with E-state index in [-0.39, 0.29) is 29.7 Å². The van der Waals surface area contributed by atoms with Crippen LogP contribution in [-0.2, 0) is 4.79 Å². The predicted octanol–water partition coefficient (Wildman–Crippen LogP) is 1.99. The third-order valence-electron chi connectivity index (χ3n) is 2.93. The molecule has 0 saturated carbocycles. The summed E-state index contributed by atoms with van der Waals surface area (Å²) < 4.78 is 12.7. The van der Waals surface area contributed by atoms with Crippen LogP contribution in [0.2, 0.25) is 0 Å². The van der Waals surface area contributed by atoms with E-state index in [1.165, 1.54) is 12.1 Å². The lowest BCUT2D eigenvalue weighted by molar-refractivity contribution is -0.125. The monoisotopic (exact) mass is 238 g/mol. The van der Waals surface area contributed by atoms with Gasteiger partial charge in [-0.15, -0.1) is 0 Å². The van der Waals surface area contributed by atoms with Crippen molar-refractivity contribution in [2.45, 2.75) is 32.9 Å². The summed E-state index contributed by atoms with van der Waals surface area (Å²) in [5, 5.41) is 2.86. The molecule has 0 heterocycles. The molecule has 0 saturated heterocycles. The van der Waals surface area contributed by atoms with Crippen LogP contribution in [0.4, 0.5) is 4.39 Å². The van der Waals surface area contributed by atoms with E-state index in [0.29, 0.717) is 0 Å². The SMILES string of the molecule is CC(NC(=O)C(C)C(C)N)c1ccc(F)cc1. The number of carbonyl (C=O) groups is 1. The van der Waals surface area contributed by atoms with Crippen LogP contribution >= 0.6 is 0 Å². The molecule has 0 aliphatic carbocycles. The fourth-order valence-corrected chi connectivity index (χ4v) is 1.42. The number of hydrogen-bond donors (Lipinski definition) is 2. The van der Waals surface area contributed by atoms with E-state index >= 15 is 0 Å². The summed E-state index contributed by atoms with van der Waals surface area (Å²) in [7, 11) is 0. The van der Waals surface area contributed by atoms with Crippen molar-refractivity contribution < 1.29 is 9.18 Å². The van der Waals surface area contributed by atoms with Crippen molar-refractivity contribution in [2.75, 3.05) is 0 Å². The van der Waals surface area contributed by atoms with Gasteiger partial charge in [0.25, 0.3) is 0 Å². The molecule has 0 spiro atoms. The van der Waals surface area contributed by atoms with Gasteiger partial charge in [-0.3, -0.25) is 4.79 Å². The Morgan fingerprint density at radius 3 is 2.24 bits per heavy atom. The van der Waals surface area contributed by atoms with Crippen LogP contribution < -0.4 is 11.1 Å².